The highest BCUT2D eigenvalue weighted by Crippen LogP contribution is 2.30. The van der Waals surface area contributed by atoms with Crippen molar-refractivity contribution in [2.75, 3.05) is 6.61 Å². The third kappa shape index (κ3) is 3.69. The lowest BCUT2D eigenvalue weighted by Gasteiger charge is -2.13. The number of thioether (sulfide) groups is 1. The summed E-state index contributed by atoms with van der Waals surface area (Å²) in [4.78, 5) is 22.7. The van der Waals surface area contributed by atoms with Crippen molar-refractivity contribution in [3.05, 3.63) is 88.8 Å². The Morgan fingerprint density at radius 3 is 2.13 bits per heavy atom. The number of pyridine rings is 1. The molecule has 0 atom stereocenters. The van der Waals surface area contributed by atoms with Crippen LogP contribution in [0.3, 0.4) is 0 Å². The Morgan fingerprint density at radius 1 is 0.774 bits per heavy atom. The van der Waals surface area contributed by atoms with E-state index in [1.807, 2.05) is 48.5 Å². The standard InChI is InChI=1S/C25H21N3O2S/c29-15-7-14-28-24(30)20-11-4-6-13-22(20)27-25(28)31-16-23-19-10-2-1-8-17(19)18-9-3-5-12-21(18)26-23/h1-6,8-13,29H,7,14-16H2. The molecular formula is C25H21N3O2S. The van der Waals surface area contributed by atoms with E-state index < -0.39 is 0 Å². The van der Waals surface area contributed by atoms with Gasteiger partial charge in [0.1, 0.15) is 0 Å². The number of benzene rings is 3. The molecule has 0 fully saturated rings. The van der Waals surface area contributed by atoms with Gasteiger partial charge in [0.05, 0.1) is 22.1 Å². The second kappa shape index (κ2) is 8.49. The molecule has 0 saturated heterocycles. The molecule has 2 aromatic heterocycles. The fraction of sp³-hybridized carbons (Fsp3) is 0.160. The Hall–Kier alpha value is -3.22. The topological polar surface area (TPSA) is 68.0 Å². The summed E-state index contributed by atoms with van der Waals surface area (Å²) < 4.78 is 1.67. The minimum atomic E-state index is -0.0714. The first-order valence-electron chi connectivity index (χ1n) is 10.3. The Morgan fingerprint density at radius 2 is 1.39 bits per heavy atom. The van der Waals surface area contributed by atoms with Gasteiger partial charge in [-0.15, -0.1) is 0 Å². The van der Waals surface area contributed by atoms with Crippen LogP contribution in [-0.4, -0.2) is 26.2 Å². The summed E-state index contributed by atoms with van der Waals surface area (Å²) in [5, 5.41) is 14.0. The largest absolute Gasteiger partial charge is 0.396 e. The number of nitrogens with zero attached hydrogens (tertiary/aromatic N) is 3. The highest BCUT2D eigenvalue weighted by Gasteiger charge is 2.14. The minimum absolute atomic E-state index is 0.0280. The van der Waals surface area contributed by atoms with Crippen LogP contribution in [0.5, 0.6) is 0 Å². The molecule has 5 rings (SSSR count). The fourth-order valence-corrected chi connectivity index (χ4v) is 4.88. The number of hydrogen-bond acceptors (Lipinski definition) is 5. The van der Waals surface area contributed by atoms with Crippen molar-refractivity contribution in [1.82, 2.24) is 14.5 Å². The van der Waals surface area contributed by atoms with Crippen LogP contribution in [0.15, 0.2) is 82.7 Å². The first-order valence-corrected chi connectivity index (χ1v) is 11.2. The quantitative estimate of drug-likeness (QED) is 0.240. The molecule has 0 amide bonds. The third-order valence-electron chi connectivity index (χ3n) is 5.39. The molecule has 154 valence electrons. The molecule has 0 saturated carbocycles. The van der Waals surface area contributed by atoms with Crippen molar-refractivity contribution in [2.24, 2.45) is 0 Å². The van der Waals surface area contributed by atoms with Crippen LogP contribution in [0.4, 0.5) is 0 Å². The Balaban J connectivity index is 1.59. The van der Waals surface area contributed by atoms with Crippen LogP contribution in [0.2, 0.25) is 0 Å². The van der Waals surface area contributed by atoms with Gasteiger partial charge in [0, 0.05) is 29.7 Å². The number of hydrogen-bond donors (Lipinski definition) is 1. The van der Waals surface area contributed by atoms with Crippen LogP contribution >= 0.6 is 11.8 Å². The summed E-state index contributed by atoms with van der Waals surface area (Å²) in [7, 11) is 0. The average Bonchev–Trinajstić information content (AvgIpc) is 2.82. The van der Waals surface area contributed by atoms with Gasteiger partial charge in [0.2, 0.25) is 0 Å². The van der Waals surface area contributed by atoms with Gasteiger partial charge in [-0.05, 0) is 30.0 Å². The maximum Gasteiger partial charge on any atom is 0.262 e. The second-order valence-corrected chi connectivity index (χ2v) is 8.30. The minimum Gasteiger partial charge on any atom is -0.396 e. The molecule has 6 heteroatoms. The second-order valence-electron chi connectivity index (χ2n) is 7.36. The van der Waals surface area contributed by atoms with Gasteiger partial charge in [-0.25, -0.2) is 4.98 Å². The van der Waals surface area contributed by atoms with Gasteiger partial charge in [-0.3, -0.25) is 14.3 Å². The number of aliphatic hydroxyl groups excluding tert-OH is 1. The fourth-order valence-electron chi connectivity index (χ4n) is 3.90. The Kier molecular flexibility index (Phi) is 5.40. The van der Waals surface area contributed by atoms with Gasteiger partial charge in [-0.2, -0.15) is 0 Å². The molecule has 0 aliphatic carbocycles. The predicted molar refractivity (Wildman–Crippen MR) is 127 cm³/mol. The van der Waals surface area contributed by atoms with Crippen molar-refractivity contribution < 1.29 is 5.11 Å². The van der Waals surface area contributed by atoms with Crippen molar-refractivity contribution in [3.8, 4) is 0 Å². The molecular weight excluding hydrogens is 406 g/mol. The lowest BCUT2D eigenvalue weighted by Crippen LogP contribution is -2.24. The summed E-state index contributed by atoms with van der Waals surface area (Å²) in [6.45, 7) is 0.460. The molecule has 0 bridgehead atoms. The van der Waals surface area contributed by atoms with Crippen molar-refractivity contribution in [3.63, 3.8) is 0 Å². The zero-order chi connectivity index (χ0) is 21.2. The van der Waals surface area contributed by atoms with Crippen LogP contribution in [0.25, 0.3) is 32.6 Å². The molecule has 1 N–H and O–H groups in total. The highest BCUT2D eigenvalue weighted by atomic mass is 32.2. The molecule has 5 nitrogen and oxygen atoms in total. The van der Waals surface area contributed by atoms with E-state index in [0.29, 0.717) is 34.8 Å². The van der Waals surface area contributed by atoms with E-state index in [1.165, 1.54) is 17.1 Å². The molecule has 2 heterocycles. The maximum atomic E-state index is 13.1. The monoisotopic (exact) mass is 427 g/mol. The Bertz CT molecular complexity index is 1460. The van der Waals surface area contributed by atoms with Gasteiger partial charge in [0.25, 0.3) is 5.56 Å². The lowest BCUT2D eigenvalue weighted by atomic mass is 10.0. The summed E-state index contributed by atoms with van der Waals surface area (Å²) in [5.41, 5.74) is 2.54. The van der Waals surface area contributed by atoms with Crippen LogP contribution < -0.4 is 5.56 Å². The van der Waals surface area contributed by atoms with Crippen LogP contribution in [0.1, 0.15) is 12.1 Å². The molecule has 31 heavy (non-hydrogen) atoms. The summed E-state index contributed by atoms with van der Waals surface area (Å²) in [5.74, 6) is 0.593. The predicted octanol–water partition coefficient (Wildman–Crippen LogP) is 4.77. The number of fused-ring (bicyclic) bond motifs is 4. The Labute approximate surface area is 183 Å². The number of rotatable bonds is 6. The molecule has 0 aliphatic heterocycles. The number of aliphatic hydroxyl groups is 1. The normalized spacial score (nSPS) is 11.5. The van der Waals surface area contributed by atoms with Crippen LogP contribution in [0, 0.1) is 0 Å². The van der Waals surface area contributed by atoms with Gasteiger partial charge in [-0.1, -0.05) is 66.4 Å². The van der Waals surface area contributed by atoms with E-state index in [-0.39, 0.29) is 12.2 Å². The van der Waals surface area contributed by atoms with Crippen molar-refractivity contribution in [2.45, 2.75) is 23.9 Å². The van der Waals surface area contributed by atoms with Gasteiger partial charge in [0.15, 0.2) is 5.16 Å². The molecule has 0 radical (unpaired) electrons. The molecule has 5 aromatic rings. The van der Waals surface area contributed by atoms with E-state index in [9.17, 15) is 9.90 Å². The smallest absolute Gasteiger partial charge is 0.262 e. The SMILES string of the molecule is O=c1c2ccccc2nc(SCc2nc3ccccc3c3ccccc23)n1CCCO. The van der Waals surface area contributed by atoms with E-state index in [1.54, 1.807) is 10.6 Å². The van der Waals surface area contributed by atoms with Crippen molar-refractivity contribution >= 4 is 44.3 Å². The summed E-state index contributed by atoms with van der Waals surface area (Å²) in [6, 6.07) is 23.8. The number of aromatic nitrogens is 3. The zero-order valence-corrected chi connectivity index (χ0v) is 17.7. The molecule has 0 aliphatic rings. The van der Waals surface area contributed by atoms with Gasteiger partial charge < -0.3 is 5.11 Å². The third-order valence-corrected chi connectivity index (χ3v) is 6.38. The highest BCUT2D eigenvalue weighted by molar-refractivity contribution is 7.98. The maximum absolute atomic E-state index is 13.1. The van der Waals surface area contributed by atoms with Crippen molar-refractivity contribution in [1.29, 1.82) is 0 Å². The van der Waals surface area contributed by atoms with Gasteiger partial charge >= 0.3 is 0 Å². The van der Waals surface area contributed by atoms with E-state index in [0.717, 1.165) is 22.0 Å². The molecule has 3 aromatic carbocycles. The average molecular weight is 428 g/mol. The summed E-state index contributed by atoms with van der Waals surface area (Å²) >= 11 is 1.51. The summed E-state index contributed by atoms with van der Waals surface area (Å²) in [6.07, 6.45) is 0.505. The zero-order valence-electron chi connectivity index (χ0n) is 16.9. The van der Waals surface area contributed by atoms with E-state index in [4.69, 9.17) is 9.97 Å². The first kappa shape index (κ1) is 19.7. The molecule has 0 spiro atoms. The first-order chi connectivity index (χ1) is 15.3. The lowest BCUT2D eigenvalue weighted by molar-refractivity contribution is 0.276. The van der Waals surface area contributed by atoms with E-state index in [2.05, 4.69) is 18.2 Å². The van der Waals surface area contributed by atoms with E-state index >= 15 is 0 Å². The number of para-hydroxylation sites is 2. The molecule has 0 unspecified atom stereocenters. The van der Waals surface area contributed by atoms with Crippen LogP contribution in [-0.2, 0) is 12.3 Å².